The molecule has 0 spiro atoms. The van der Waals surface area contributed by atoms with Crippen LogP contribution < -0.4 is 4.72 Å². The van der Waals surface area contributed by atoms with E-state index in [1.54, 1.807) is 55.6 Å². The quantitative estimate of drug-likeness (QED) is 0.408. The van der Waals surface area contributed by atoms with Gasteiger partial charge in [-0.05, 0) is 60.5 Å². The van der Waals surface area contributed by atoms with Crippen molar-refractivity contribution in [3.8, 4) is 0 Å². The molecular weight excluding hydrogens is 491 g/mol. The number of anilines is 1. The number of rotatable bonds is 6. The first kappa shape index (κ1) is 24.9. The molecule has 0 bridgehead atoms. The molecular formula is C28H27FN4O3S. The second kappa shape index (κ2) is 10.3. The van der Waals surface area contributed by atoms with E-state index in [2.05, 4.69) is 14.6 Å². The minimum absolute atomic E-state index is 0.0859. The van der Waals surface area contributed by atoms with Gasteiger partial charge >= 0.3 is 0 Å². The zero-order valence-corrected chi connectivity index (χ0v) is 21.2. The number of carbonyl (C=O) groups excluding carboxylic acids is 1. The molecule has 1 fully saturated rings. The van der Waals surface area contributed by atoms with Gasteiger partial charge in [0.05, 0.1) is 11.2 Å². The lowest BCUT2D eigenvalue weighted by atomic mass is 10.1. The number of piperazine rings is 1. The summed E-state index contributed by atoms with van der Waals surface area (Å²) in [7, 11) is -3.88. The average molecular weight is 519 g/mol. The topological polar surface area (TPSA) is 82.6 Å². The summed E-state index contributed by atoms with van der Waals surface area (Å²) in [6, 6.07) is 20.1. The van der Waals surface area contributed by atoms with E-state index >= 15 is 0 Å². The number of aromatic nitrogens is 1. The number of hydrogen-bond donors (Lipinski definition) is 1. The van der Waals surface area contributed by atoms with E-state index in [1.165, 1.54) is 18.2 Å². The number of carbonyl (C=O) groups is 1. The van der Waals surface area contributed by atoms with Crippen molar-refractivity contribution < 1.29 is 17.6 Å². The van der Waals surface area contributed by atoms with Crippen molar-refractivity contribution >= 4 is 32.5 Å². The number of para-hydroxylation sites is 1. The summed E-state index contributed by atoms with van der Waals surface area (Å²) in [5.74, 6) is -0.337. The molecule has 0 unspecified atom stereocenters. The Bertz CT molecular complexity index is 1540. The SMILES string of the molecule is Cc1cc(C(=O)N2CCN(Cc3ccc(F)cc3)CC2)ccc1NS(=O)(=O)c1cccc2cccnc12. The molecule has 0 aliphatic carbocycles. The van der Waals surface area contributed by atoms with E-state index in [1.807, 2.05) is 17.0 Å². The van der Waals surface area contributed by atoms with Crippen molar-refractivity contribution in [3.05, 3.63) is 102 Å². The van der Waals surface area contributed by atoms with E-state index in [4.69, 9.17) is 0 Å². The van der Waals surface area contributed by atoms with Gasteiger partial charge in [0.15, 0.2) is 0 Å². The Morgan fingerprint density at radius 2 is 1.70 bits per heavy atom. The van der Waals surface area contributed by atoms with Crippen LogP contribution in [0.15, 0.2) is 83.9 Å². The van der Waals surface area contributed by atoms with Crippen LogP contribution in [0.2, 0.25) is 0 Å². The van der Waals surface area contributed by atoms with Crippen molar-refractivity contribution in [1.29, 1.82) is 0 Å². The van der Waals surface area contributed by atoms with Crippen LogP contribution in [0.1, 0.15) is 21.5 Å². The molecule has 0 atom stereocenters. The number of nitrogens with one attached hydrogen (secondary N) is 1. The van der Waals surface area contributed by atoms with E-state index in [0.29, 0.717) is 42.0 Å². The molecule has 37 heavy (non-hydrogen) atoms. The van der Waals surface area contributed by atoms with Crippen LogP contribution in [-0.2, 0) is 16.6 Å². The number of pyridine rings is 1. The number of fused-ring (bicyclic) bond motifs is 1. The second-order valence-corrected chi connectivity index (χ2v) is 10.8. The standard InChI is InChI=1S/C28H27FN4O3S/c1-20-18-23(28(34)33-16-14-32(15-17-33)19-21-7-10-24(29)11-8-21)9-12-25(20)31-37(35,36)26-6-2-4-22-5-3-13-30-27(22)26/h2-13,18,31H,14-17,19H2,1H3. The van der Waals surface area contributed by atoms with Crippen LogP contribution in [0.4, 0.5) is 10.1 Å². The first-order chi connectivity index (χ1) is 17.8. The lowest BCUT2D eigenvalue weighted by Crippen LogP contribution is -2.48. The fourth-order valence-electron chi connectivity index (χ4n) is 4.54. The monoisotopic (exact) mass is 518 g/mol. The minimum Gasteiger partial charge on any atom is -0.336 e. The fourth-order valence-corrected chi connectivity index (χ4v) is 5.86. The lowest BCUT2D eigenvalue weighted by Gasteiger charge is -2.35. The Kier molecular flexibility index (Phi) is 6.90. The Balaban J connectivity index is 1.25. The van der Waals surface area contributed by atoms with E-state index in [-0.39, 0.29) is 16.6 Å². The van der Waals surface area contributed by atoms with Gasteiger partial charge in [-0.25, -0.2) is 12.8 Å². The smallest absolute Gasteiger partial charge is 0.264 e. The first-order valence-electron chi connectivity index (χ1n) is 12.0. The molecule has 0 saturated carbocycles. The highest BCUT2D eigenvalue weighted by Crippen LogP contribution is 2.26. The van der Waals surface area contributed by atoms with Gasteiger partial charge in [-0.1, -0.05) is 30.3 Å². The highest BCUT2D eigenvalue weighted by molar-refractivity contribution is 7.93. The van der Waals surface area contributed by atoms with Gasteiger partial charge in [-0.15, -0.1) is 0 Å². The maximum atomic E-state index is 13.2. The van der Waals surface area contributed by atoms with Gasteiger partial charge in [0.25, 0.3) is 15.9 Å². The summed E-state index contributed by atoms with van der Waals surface area (Å²) >= 11 is 0. The predicted molar refractivity (Wildman–Crippen MR) is 141 cm³/mol. The van der Waals surface area contributed by atoms with Crippen LogP contribution in [-0.4, -0.2) is 55.3 Å². The van der Waals surface area contributed by atoms with Gasteiger partial charge in [-0.2, -0.15) is 0 Å². The third-order valence-electron chi connectivity index (χ3n) is 6.58. The van der Waals surface area contributed by atoms with E-state index in [0.717, 1.165) is 24.0 Å². The fraction of sp³-hybridized carbons (Fsp3) is 0.214. The molecule has 1 aliphatic heterocycles. The van der Waals surface area contributed by atoms with Crippen LogP contribution in [0.5, 0.6) is 0 Å². The summed E-state index contributed by atoms with van der Waals surface area (Å²) < 4.78 is 42.1. The van der Waals surface area contributed by atoms with Gasteiger partial charge in [0.2, 0.25) is 0 Å². The molecule has 1 saturated heterocycles. The van der Waals surface area contributed by atoms with Crippen molar-refractivity contribution in [2.75, 3.05) is 30.9 Å². The van der Waals surface area contributed by atoms with Crippen LogP contribution in [0.3, 0.4) is 0 Å². The molecule has 7 nitrogen and oxygen atoms in total. The zero-order chi connectivity index (χ0) is 26.0. The molecule has 0 radical (unpaired) electrons. The third-order valence-corrected chi connectivity index (χ3v) is 7.98. The number of halogens is 1. The van der Waals surface area contributed by atoms with Crippen molar-refractivity contribution in [3.63, 3.8) is 0 Å². The van der Waals surface area contributed by atoms with Gasteiger partial charge in [0.1, 0.15) is 10.7 Å². The van der Waals surface area contributed by atoms with Gasteiger partial charge in [0, 0.05) is 49.9 Å². The summed E-state index contributed by atoms with van der Waals surface area (Å²) in [5.41, 5.74) is 3.01. The molecule has 190 valence electrons. The Hall–Kier alpha value is -3.82. The number of nitrogens with zero attached hydrogens (tertiary/aromatic N) is 3. The molecule has 3 aromatic carbocycles. The van der Waals surface area contributed by atoms with Crippen LogP contribution in [0, 0.1) is 12.7 Å². The molecule has 1 amide bonds. The minimum atomic E-state index is -3.88. The Labute approximate surface area is 215 Å². The average Bonchev–Trinajstić information content (AvgIpc) is 2.91. The van der Waals surface area contributed by atoms with Crippen molar-refractivity contribution in [1.82, 2.24) is 14.8 Å². The van der Waals surface area contributed by atoms with Crippen molar-refractivity contribution in [2.45, 2.75) is 18.4 Å². The molecule has 1 aromatic heterocycles. The Morgan fingerprint density at radius 1 is 0.973 bits per heavy atom. The van der Waals surface area contributed by atoms with Crippen LogP contribution >= 0.6 is 0 Å². The number of benzene rings is 3. The molecule has 1 aliphatic rings. The zero-order valence-electron chi connectivity index (χ0n) is 20.4. The lowest BCUT2D eigenvalue weighted by molar-refractivity contribution is 0.0628. The summed E-state index contributed by atoms with van der Waals surface area (Å²) in [6.45, 7) is 5.10. The van der Waals surface area contributed by atoms with E-state index in [9.17, 15) is 17.6 Å². The second-order valence-electron chi connectivity index (χ2n) is 9.16. The molecule has 9 heteroatoms. The highest BCUT2D eigenvalue weighted by Gasteiger charge is 2.24. The maximum absolute atomic E-state index is 13.2. The number of aryl methyl sites for hydroxylation is 1. The number of sulfonamides is 1. The van der Waals surface area contributed by atoms with Crippen molar-refractivity contribution in [2.24, 2.45) is 0 Å². The summed E-state index contributed by atoms with van der Waals surface area (Å²) in [6.07, 6.45) is 1.57. The summed E-state index contributed by atoms with van der Waals surface area (Å²) in [5, 5.41) is 0.737. The molecule has 4 aromatic rings. The Morgan fingerprint density at radius 3 is 2.43 bits per heavy atom. The molecule has 5 rings (SSSR count). The number of amides is 1. The maximum Gasteiger partial charge on any atom is 0.264 e. The third kappa shape index (κ3) is 5.47. The molecule has 2 heterocycles. The van der Waals surface area contributed by atoms with Crippen LogP contribution in [0.25, 0.3) is 10.9 Å². The predicted octanol–water partition coefficient (Wildman–Crippen LogP) is 4.44. The number of hydrogen-bond acceptors (Lipinski definition) is 5. The van der Waals surface area contributed by atoms with Gasteiger partial charge < -0.3 is 4.90 Å². The summed E-state index contributed by atoms with van der Waals surface area (Å²) in [4.78, 5) is 21.5. The van der Waals surface area contributed by atoms with E-state index < -0.39 is 10.0 Å². The van der Waals surface area contributed by atoms with Gasteiger partial charge in [-0.3, -0.25) is 19.4 Å². The normalized spacial score (nSPS) is 14.6. The highest BCUT2D eigenvalue weighted by atomic mass is 32.2. The largest absolute Gasteiger partial charge is 0.336 e. The molecule has 1 N–H and O–H groups in total. The first-order valence-corrected chi connectivity index (χ1v) is 13.5.